The summed E-state index contributed by atoms with van der Waals surface area (Å²) < 4.78 is 0. The number of hydrogen-bond donors (Lipinski definition) is 1. The molecule has 14 heavy (non-hydrogen) atoms. The first-order valence-electron chi connectivity index (χ1n) is 4.89. The molecule has 6 nitrogen and oxygen atoms in total. The number of likely N-dealkylation sites (N-methyl/N-ethyl adjacent to an activating group) is 1. The summed E-state index contributed by atoms with van der Waals surface area (Å²) in [6.45, 7) is 6.34. The van der Waals surface area contributed by atoms with Crippen molar-refractivity contribution in [3.05, 3.63) is 0 Å². The Bertz CT molecular complexity index is 272. The molecule has 1 aromatic rings. The second-order valence-electron chi connectivity index (χ2n) is 3.98. The molecule has 78 valence electrons. The monoisotopic (exact) mass is 196 g/mol. The first kappa shape index (κ1) is 9.39. The van der Waals surface area contributed by atoms with Crippen molar-refractivity contribution in [2.75, 3.05) is 25.0 Å². The van der Waals surface area contributed by atoms with Gasteiger partial charge >= 0.3 is 0 Å². The molecular weight excluding hydrogens is 180 g/mol. The highest BCUT2D eigenvalue weighted by Crippen LogP contribution is 2.16. The van der Waals surface area contributed by atoms with Crippen molar-refractivity contribution in [3.63, 3.8) is 0 Å². The predicted molar refractivity (Wildman–Crippen MR) is 53.1 cm³/mol. The minimum absolute atomic E-state index is 0.525. The number of aromatic amines is 1. The molecule has 0 radical (unpaired) electrons. The second kappa shape index (κ2) is 3.53. The quantitative estimate of drug-likeness (QED) is 0.670. The van der Waals surface area contributed by atoms with Crippen molar-refractivity contribution in [1.29, 1.82) is 0 Å². The minimum atomic E-state index is 0.525. The standard InChI is InChI=1S/C8H16N6/c1-6-4-14(5-7(2)13(6)3)8-9-11-12-10-8/h6-7H,4-5H2,1-3H3,(H,9,10,11,12). The van der Waals surface area contributed by atoms with Gasteiger partial charge in [-0.1, -0.05) is 5.10 Å². The van der Waals surface area contributed by atoms with Gasteiger partial charge in [0, 0.05) is 25.2 Å². The molecule has 1 aliphatic rings. The molecule has 0 bridgehead atoms. The fourth-order valence-corrected chi connectivity index (χ4v) is 1.86. The first-order valence-corrected chi connectivity index (χ1v) is 4.89. The van der Waals surface area contributed by atoms with E-state index in [1.165, 1.54) is 0 Å². The second-order valence-corrected chi connectivity index (χ2v) is 3.98. The SMILES string of the molecule is CC1CN(c2nn[nH]n2)CC(C)N1C. The van der Waals surface area contributed by atoms with E-state index in [0.717, 1.165) is 13.1 Å². The van der Waals surface area contributed by atoms with Crippen molar-refractivity contribution < 1.29 is 0 Å². The summed E-state index contributed by atoms with van der Waals surface area (Å²) in [6, 6.07) is 1.05. The van der Waals surface area contributed by atoms with E-state index in [4.69, 9.17) is 0 Å². The number of nitrogens with zero attached hydrogens (tertiary/aromatic N) is 5. The van der Waals surface area contributed by atoms with Gasteiger partial charge < -0.3 is 4.90 Å². The molecule has 0 aliphatic carbocycles. The van der Waals surface area contributed by atoms with E-state index in [1.54, 1.807) is 0 Å². The number of aromatic nitrogens is 4. The third-order valence-corrected chi connectivity index (χ3v) is 2.98. The van der Waals surface area contributed by atoms with Crippen LogP contribution in [0.2, 0.25) is 0 Å². The van der Waals surface area contributed by atoms with Crippen LogP contribution in [0.15, 0.2) is 0 Å². The van der Waals surface area contributed by atoms with Crippen LogP contribution in [0.25, 0.3) is 0 Å². The third-order valence-electron chi connectivity index (χ3n) is 2.98. The maximum absolute atomic E-state index is 3.99. The number of H-pyrrole nitrogens is 1. The molecule has 1 N–H and O–H groups in total. The van der Waals surface area contributed by atoms with Gasteiger partial charge in [0.05, 0.1) is 0 Å². The third kappa shape index (κ3) is 1.57. The molecular formula is C8H16N6. The van der Waals surface area contributed by atoms with Gasteiger partial charge in [0.15, 0.2) is 0 Å². The van der Waals surface area contributed by atoms with E-state index in [0.29, 0.717) is 18.0 Å². The maximum atomic E-state index is 3.99. The van der Waals surface area contributed by atoms with Crippen LogP contribution in [-0.2, 0) is 0 Å². The lowest BCUT2D eigenvalue weighted by Gasteiger charge is -2.41. The van der Waals surface area contributed by atoms with Crippen LogP contribution < -0.4 is 4.90 Å². The van der Waals surface area contributed by atoms with Crippen LogP contribution >= 0.6 is 0 Å². The fraction of sp³-hybridized carbons (Fsp3) is 0.875. The summed E-state index contributed by atoms with van der Waals surface area (Å²) in [5, 5.41) is 14.0. The lowest BCUT2D eigenvalue weighted by atomic mass is 10.1. The molecule has 2 atom stereocenters. The van der Waals surface area contributed by atoms with Crippen LogP contribution in [0.5, 0.6) is 0 Å². The molecule has 2 rings (SSSR count). The summed E-state index contributed by atoms with van der Waals surface area (Å²) in [6.07, 6.45) is 0. The predicted octanol–water partition coefficient (Wildman–Crippen LogP) is -0.271. The molecule has 6 heteroatoms. The van der Waals surface area contributed by atoms with Gasteiger partial charge in [-0.2, -0.15) is 5.21 Å². The average molecular weight is 196 g/mol. The summed E-state index contributed by atoms with van der Waals surface area (Å²) >= 11 is 0. The van der Waals surface area contributed by atoms with Gasteiger partial charge in [-0.3, -0.25) is 4.90 Å². The number of nitrogens with one attached hydrogen (secondary N) is 1. The highest BCUT2D eigenvalue weighted by atomic mass is 15.5. The Labute approximate surface area is 83.3 Å². The highest BCUT2D eigenvalue weighted by molar-refractivity contribution is 5.28. The normalized spacial score (nSPS) is 29.5. The van der Waals surface area contributed by atoms with Crippen LogP contribution in [0, 0.1) is 0 Å². The van der Waals surface area contributed by atoms with E-state index in [9.17, 15) is 0 Å². The van der Waals surface area contributed by atoms with Crippen LogP contribution in [0.4, 0.5) is 5.95 Å². The number of hydrogen-bond acceptors (Lipinski definition) is 5. The van der Waals surface area contributed by atoms with Gasteiger partial charge in [0.1, 0.15) is 0 Å². The van der Waals surface area contributed by atoms with E-state index < -0.39 is 0 Å². The van der Waals surface area contributed by atoms with Crippen LogP contribution in [-0.4, -0.2) is 57.7 Å². The smallest absolute Gasteiger partial charge is 0.265 e. The molecule has 0 spiro atoms. The van der Waals surface area contributed by atoms with E-state index in [1.807, 2.05) is 0 Å². The zero-order valence-corrected chi connectivity index (χ0v) is 8.80. The van der Waals surface area contributed by atoms with Crippen molar-refractivity contribution in [1.82, 2.24) is 25.5 Å². The van der Waals surface area contributed by atoms with Crippen molar-refractivity contribution in [3.8, 4) is 0 Å². The number of tetrazole rings is 1. The molecule has 0 amide bonds. The zero-order chi connectivity index (χ0) is 10.1. The van der Waals surface area contributed by atoms with E-state index in [-0.39, 0.29) is 0 Å². The fourth-order valence-electron chi connectivity index (χ4n) is 1.86. The molecule has 1 aromatic heterocycles. The minimum Gasteiger partial charge on any atom is -0.335 e. The molecule has 0 aromatic carbocycles. The Hall–Kier alpha value is -1.17. The lowest BCUT2D eigenvalue weighted by Crippen LogP contribution is -2.55. The first-order chi connectivity index (χ1) is 6.68. The zero-order valence-electron chi connectivity index (χ0n) is 8.80. The number of anilines is 1. The van der Waals surface area contributed by atoms with Gasteiger partial charge in [-0.05, 0) is 26.1 Å². The molecule has 2 unspecified atom stereocenters. The van der Waals surface area contributed by atoms with E-state index in [2.05, 4.69) is 51.3 Å². The number of piperazine rings is 1. The van der Waals surface area contributed by atoms with Crippen LogP contribution in [0.1, 0.15) is 13.8 Å². The van der Waals surface area contributed by atoms with E-state index >= 15 is 0 Å². The van der Waals surface area contributed by atoms with Gasteiger partial charge in [-0.15, -0.1) is 5.10 Å². The van der Waals surface area contributed by atoms with Crippen LogP contribution in [0.3, 0.4) is 0 Å². The molecule has 1 fully saturated rings. The molecule has 0 saturated carbocycles. The van der Waals surface area contributed by atoms with Crippen molar-refractivity contribution in [2.24, 2.45) is 0 Å². The Balaban J connectivity index is 2.10. The molecule has 2 heterocycles. The summed E-state index contributed by atoms with van der Waals surface area (Å²) in [5.41, 5.74) is 0. The largest absolute Gasteiger partial charge is 0.335 e. The summed E-state index contributed by atoms with van der Waals surface area (Å²) in [5.74, 6) is 0.705. The molecule has 1 saturated heterocycles. The van der Waals surface area contributed by atoms with Gasteiger partial charge in [0.2, 0.25) is 0 Å². The Morgan fingerprint density at radius 1 is 1.29 bits per heavy atom. The highest BCUT2D eigenvalue weighted by Gasteiger charge is 2.28. The maximum Gasteiger partial charge on any atom is 0.265 e. The average Bonchev–Trinajstić information content (AvgIpc) is 2.66. The summed E-state index contributed by atoms with van der Waals surface area (Å²) in [4.78, 5) is 4.54. The molecule has 1 aliphatic heterocycles. The summed E-state index contributed by atoms with van der Waals surface area (Å²) in [7, 11) is 2.16. The van der Waals surface area contributed by atoms with Crippen molar-refractivity contribution >= 4 is 5.95 Å². The topological polar surface area (TPSA) is 60.9 Å². The Morgan fingerprint density at radius 2 is 1.93 bits per heavy atom. The number of rotatable bonds is 1. The Morgan fingerprint density at radius 3 is 2.43 bits per heavy atom. The Kier molecular flexibility index (Phi) is 2.37. The lowest BCUT2D eigenvalue weighted by molar-refractivity contribution is 0.169. The van der Waals surface area contributed by atoms with Crippen molar-refractivity contribution in [2.45, 2.75) is 25.9 Å². The van der Waals surface area contributed by atoms with Gasteiger partial charge in [0.25, 0.3) is 5.95 Å². The van der Waals surface area contributed by atoms with Gasteiger partial charge in [-0.25, -0.2) is 0 Å².